The van der Waals surface area contributed by atoms with Crippen LogP contribution in [0.1, 0.15) is 24.5 Å². The molecule has 2 aromatic heterocycles. The fourth-order valence-corrected chi connectivity index (χ4v) is 4.15. The van der Waals surface area contributed by atoms with Crippen molar-refractivity contribution in [3.05, 3.63) is 57.5 Å². The van der Waals surface area contributed by atoms with E-state index in [4.69, 9.17) is 0 Å². The van der Waals surface area contributed by atoms with Gasteiger partial charge in [0.2, 0.25) is 10.9 Å². The molecule has 0 N–H and O–H groups in total. The summed E-state index contributed by atoms with van der Waals surface area (Å²) in [6.45, 7) is 5.49. The van der Waals surface area contributed by atoms with E-state index >= 15 is 0 Å². The number of aromatic nitrogens is 3. The molecule has 1 fully saturated rings. The smallest absolute Gasteiger partial charge is 0.275 e. The van der Waals surface area contributed by atoms with Crippen LogP contribution in [0.4, 0.5) is 5.69 Å². The van der Waals surface area contributed by atoms with Gasteiger partial charge in [0.25, 0.3) is 5.56 Å². The average molecular weight is 383 g/mol. The molecule has 0 radical (unpaired) electrons. The zero-order chi connectivity index (χ0) is 19.0. The second-order valence-electron chi connectivity index (χ2n) is 6.72. The highest BCUT2D eigenvalue weighted by atomic mass is 32.1. The summed E-state index contributed by atoms with van der Waals surface area (Å²) < 4.78 is 1.36. The maximum absolute atomic E-state index is 12.7. The highest BCUT2D eigenvalue weighted by molar-refractivity contribution is 7.16. The Hall–Kier alpha value is -2.58. The number of carbonyl (C=O) groups is 1. The van der Waals surface area contributed by atoms with Gasteiger partial charge in [-0.05, 0) is 25.5 Å². The Morgan fingerprint density at radius 3 is 2.74 bits per heavy atom. The first-order chi connectivity index (χ1) is 13.0. The Kier molecular flexibility index (Phi) is 4.75. The minimum atomic E-state index is -0.173. The third kappa shape index (κ3) is 3.50. The number of hydrogen-bond acceptors (Lipinski definition) is 6. The molecule has 7 nitrogen and oxygen atoms in total. The predicted molar refractivity (Wildman–Crippen MR) is 105 cm³/mol. The van der Waals surface area contributed by atoms with Gasteiger partial charge in [0, 0.05) is 30.9 Å². The highest BCUT2D eigenvalue weighted by Gasteiger charge is 2.30. The Balaban J connectivity index is 1.54. The summed E-state index contributed by atoms with van der Waals surface area (Å²) in [5, 5.41) is 5.16. The molecular formula is C19H21N5O2S. The topological polar surface area (TPSA) is 70.8 Å². The fourth-order valence-electron chi connectivity index (χ4n) is 3.29. The molecule has 0 bridgehead atoms. The van der Waals surface area contributed by atoms with E-state index in [0.29, 0.717) is 30.3 Å². The van der Waals surface area contributed by atoms with E-state index < -0.39 is 0 Å². The third-order valence-electron chi connectivity index (χ3n) is 4.78. The van der Waals surface area contributed by atoms with Crippen molar-refractivity contribution in [2.24, 2.45) is 0 Å². The molecule has 4 rings (SSSR count). The predicted octanol–water partition coefficient (Wildman–Crippen LogP) is 1.95. The fraction of sp³-hybridized carbons (Fsp3) is 0.368. The van der Waals surface area contributed by atoms with Gasteiger partial charge in [-0.15, -0.1) is 0 Å². The molecule has 1 aliphatic heterocycles. The van der Waals surface area contributed by atoms with Crippen molar-refractivity contribution >= 4 is 27.9 Å². The molecule has 0 saturated carbocycles. The van der Waals surface area contributed by atoms with Crippen LogP contribution in [0.25, 0.3) is 4.96 Å². The standard InChI is InChI=1S/C19H21N5O2S/c1-3-16-21-24-17(25)9-14(20-19(24)27-16)11-22-12-18(26)23(10-13(22)2)15-7-5-4-6-8-15/h4-9,13H,3,10-12H2,1-2H3/t13-/m0/s1. The van der Waals surface area contributed by atoms with Gasteiger partial charge in [-0.25, -0.2) is 4.98 Å². The summed E-state index contributed by atoms with van der Waals surface area (Å²) in [4.78, 5) is 34.1. The largest absolute Gasteiger partial charge is 0.310 e. The molecule has 0 unspecified atom stereocenters. The maximum Gasteiger partial charge on any atom is 0.275 e. The van der Waals surface area contributed by atoms with E-state index in [1.165, 1.54) is 21.9 Å². The van der Waals surface area contributed by atoms with Crippen molar-refractivity contribution in [3.63, 3.8) is 0 Å². The molecular weight excluding hydrogens is 362 g/mol. The summed E-state index contributed by atoms with van der Waals surface area (Å²) in [5.74, 6) is 0.0585. The molecule has 3 aromatic rings. The number of para-hydroxylation sites is 1. The highest BCUT2D eigenvalue weighted by Crippen LogP contribution is 2.21. The molecule has 1 aromatic carbocycles. The van der Waals surface area contributed by atoms with Gasteiger partial charge in [0.05, 0.1) is 12.2 Å². The zero-order valence-electron chi connectivity index (χ0n) is 15.3. The molecule has 0 aliphatic carbocycles. The number of aryl methyl sites for hydroxylation is 1. The van der Waals surface area contributed by atoms with Gasteiger partial charge in [-0.1, -0.05) is 36.5 Å². The quantitative estimate of drug-likeness (QED) is 0.689. The summed E-state index contributed by atoms with van der Waals surface area (Å²) in [6.07, 6.45) is 0.774. The van der Waals surface area contributed by atoms with Gasteiger partial charge >= 0.3 is 0 Å². The first-order valence-electron chi connectivity index (χ1n) is 9.03. The van der Waals surface area contributed by atoms with Crippen molar-refractivity contribution in [1.29, 1.82) is 0 Å². The summed E-state index contributed by atoms with van der Waals surface area (Å²) >= 11 is 1.43. The van der Waals surface area contributed by atoms with Gasteiger partial charge in [-0.3, -0.25) is 14.5 Å². The molecule has 8 heteroatoms. The van der Waals surface area contributed by atoms with Crippen LogP contribution >= 0.6 is 11.3 Å². The maximum atomic E-state index is 12.7. The van der Waals surface area contributed by atoms with Crippen LogP contribution in [-0.2, 0) is 17.8 Å². The van der Waals surface area contributed by atoms with Gasteiger partial charge in [0.1, 0.15) is 5.01 Å². The minimum absolute atomic E-state index is 0.0585. The zero-order valence-corrected chi connectivity index (χ0v) is 16.1. The van der Waals surface area contributed by atoms with E-state index in [2.05, 4.69) is 21.9 Å². The first-order valence-corrected chi connectivity index (χ1v) is 9.85. The summed E-state index contributed by atoms with van der Waals surface area (Å²) in [6, 6.07) is 11.4. The third-order valence-corrected chi connectivity index (χ3v) is 5.84. The number of piperazine rings is 1. The first kappa shape index (κ1) is 17.8. The van der Waals surface area contributed by atoms with Crippen LogP contribution in [-0.4, -0.2) is 44.5 Å². The molecule has 140 valence electrons. The van der Waals surface area contributed by atoms with Crippen LogP contribution < -0.4 is 10.5 Å². The number of nitrogens with zero attached hydrogens (tertiary/aromatic N) is 5. The number of rotatable bonds is 4. The lowest BCUT2D eigenvalue weighted by molar-refractivity contribution is -0.122. The van der Waals surface area contributed by atoms with Crippen molar-refractivity contribution < 1.29 is 4.79 Å². The van der Waals surface area contributed by atoms with E-state index in [-0.39, 0.29) is 17.5 Å². The normalized spacial score (nSPS) is 18.4. The lowest BCUT2D eigenvalue weighted by Crippen LogP contribution is -2.55. The lowest BCUT2D eigenvalue weighted by Gasteiger charge is -2.39. The SMILES string of the molecule is CCc1nn2c(=O)cc(CN3CC(=O)N(c4ccccc4)C[C@@H]3C)nc2s1. The summed E-state index contributed by atoms with van der Waals surface area (Å²) in [5.41, 5.74) is 1.43. The lowest BCUT2D eigenvalue weighted by atomic mass is 10.1. The molecule has 1 saturated heterocycles. The van der Waals surface area contributed by atoms with Gasteiger partial charge < -0.3 is 4.90 Å². The Bertz CT molecular complexity index is 1030. The van der Waals surface area contributed by atoms with Crippen LogP contribution in [0, 0.1) is 0 Å². The van der Waals surface area contributed by atoms with Crippen LogP contribution in [0.3, 0.4) is 0 Å². The molecule has 0 spiro atoms. The van der Waals surface area contributed by atoms with Crippen molar-refractivity contribution in [1.82, 2.24) is 19.5 Å². The molecule has 3 heterocycles. The second-order valence-corrected chi connectivity index (χ2v) is 7.76. The Morgan fingerprint density at radius 2 is 2.00 bits per heavy atom. The molecule has 1 aliphatic rings. The van der Waals surface area contributed by atoms with Crippen LogP contribution in [0.5, 0.6) is 0 Å². The van der Waals surface area contributed by atoms with Gasteiger partial charge in [-0.2, -0.15) is 9.61 Å². The molecule has 1 amide bonds. The summed E-state index contributed by atoms with van der Waals surface area (Å²) in [7, 11) is 0. The van der Waals surface area contributed by atoms with E-state index in [9.17, 15) is 9.59 Å². The van der Waals surface area contributed by atoms with E-state index in [0.717, 1.165) is 17.1 Å². The van der Waals surface area contributed by atoms with Crippen molar-refractivity contribution in [2.45, 2.75) is 32.9 Å². The average Bonchev–Trinajstić information content (AvgIpc) is 3.09. The minimum Gasteiger partial charge on any atom is -0.310 e. The van der Waals surface area contributed by atoms with Crippen LogP contribution in [0.2, 0.25) is 0 Å². The van der Waals surface area contributed by atoms with Crippen LogP contribution in [0.15, 0.2) is 41.2 Å². The Labute approximate surface area is 160 Å². The number of benzene rings is 1. The van der Waals surface area contributed by atoms with Crippen molar-refractivity contribution in [2.75, 3.05) is 18.0 Å². The Morgan fingerprint density at radius 1 is 1.22 bits per heavy atom. The van der Waals surface area contributed by atoms with Crippen molar-refractivity contribution in [3.8, 4) is 0 Å². The number of carbonyl (C=O) groups excluding carboxylic acids is 1. The number of fused-ring (bicyclic) bond motifs is 1. The van der Waals surface area contributed by atoms with E-state index in [1.54, 1.807) is 0 Å². The number of hydrogen-bond donors (Lipinski definition) is 0. The van der Waals surface area contributed by atoms with E-state index in [1.807, 2.05) is 42.2 Å². The number of anilines is 1. The van der Waals surface area contributed by atoms with Gasteiger partial charge in [0.15, 0.2) is 0 Å². The molecule has 27 heavy (non-hydrogen) atoms. The monoisotopic (exact) mass is 383 g/mol. The number of amides is 1. The molecule has 1 atom stereocenters. The second kappa shape index (κ2) is 7.21.